The van der Waals surface area contributed by atoms with Crippen LogP contribution in [0.5, 0.6) is 5.75 Å². The molecule has 1 saturated carbocycles. The van der Waals surface area contributed by atoms with Crippen LogP contribution in [-0.2, 0) is 12.8 Å². The zero-order chi connectivity index (χ0) is 19.8. The zero-order valence-electron chi connectivity index (χ0n) is 17.9. The molecule has 7 rings (SSSR count). The maximum absolute atomic E-state index is 5.96. The van der Waals surface area contributed by atoms with Crippen molar-refractivity contribution >= 4 is 11.4 Å². The third-order valence-corrected chi connectivity index (χ3v) is 8.46. The third-order valence-electron chi connectivity index (χ3n) is 8.46. The summed E-state index contributed by atoms with van der Waals surface area (Å²) < 4.78 is 5.96. The number of anilines is 2. The quantitative estimate of drug-likeness (QED) is 0.781. The highest BCUT2D eigenvalue weighted by Crippen LogP contribution is 2.52. The van der Waals surface area contributed by atoms with Crippen LogP contribution in [0.25, 0.3) is 0 Å². The Kier molecular flexibility index (Phi) is 3.73. The summed E-state index contributed by atoms with van der Waals surface area (Å²) in [5.41, 5.74) is 7.47. The number of hydrogen-bond donors (Lipinski definition) is 0. The van der Waals surface area contributed by atoms with Gasteiger partial charge in [0.2, 0.25) is 0 Å². The molecule has 4 aliphatic heterocycles. The molecule has 2 aromatic rings. The standard InChI is InChI=1S/C26H31N3O/c1-27-11-12-29-22-8-10-28(16-21(22)20-6-3-7-23(27)25(20)29)24-15-19(24)14-18-5-2-4-17-9-13-30-26(17)18/h2-7,19,21-22,24H,8-16H2,1H3/t19?,21-,22-,24?/m0/s1. The second-order valence-electron chi connectivity index (χ2n) is 10.1. The van der Waals surface area contributed by atoms with Crippen LogP contribution in [0.2, 0.25) is 0 Å². The van der Waals surface area contributed by atoms with E-state index >= 15 is 0 Å². The fourth-order valence-electron chi connectivity index (χ4n) is 6.86. The minimum absolute atomic E-state index is 0.686. The highest BCUT2D eigenvalue weighted by Gasteiger charge is 2.49. The van der Waals surface area contributed by atoms with Crippen molar-refractivity contribution in [1.82, 2.24) is 4.90 Å². The van der Waals surface area contributed by atoms with Crippen LogP contribution in [0.1, 0.15) is 35.4 Å². The molecule has 2 unspecified atom stereocenters. The first-order valence-corrected chi connectivity index (χ1v) is 11.9. The van der Waals surface area contributed by atoms with Crippen LogP contribution < -0.4 is 14.5 Å². The minimum atomic E-state index is 0.686. The van der Waals surface area contributed by atoms with Gasteiger partial charge in [-0.2, -0.15) is 0 Å². The summed E-state index contributed by atoms with van der Waals surface area (Å²) >= 11 is 0. The Morgan fingerprint density at radius 3 is 2.93 bits per heavy atom. The molecule has 0 amide bonds. The molecule has 2 fully saturated rings. The van der Waals surface area contributed by atoms with Gasteiger partial charge in [0.25, 0.3) is 0 Å². The van der Waals surface area contributed by atoms with Crippen molar-refractivity contribution in [3.8, 4) is 5.75 Å². The van der Waals surface area contributed by atoms with Crippen molar-refractivity contribution in [3.63, 3.8) is 0 Å². The lowest BCUT2D eigenvalue weighted by molar-refractivity contribution is 0.177. The van der Waals surface area contributed by atoms with E-state index < -0.39 is 0 Å². The average molecular weight is 402 g/mol. The topological polar surface area (TPSA) is 19.0 Å². The summed E-state index contributed by atoms with van der Waals surface area (Å²) in [5.74, 6) is 2.70. The van der Waals surface area contributed by atoms with Crippen molar-refractivity contribution in [1.29, 1.82) is 0 Å². The van der Waals surface area contributed by atoms with Gasteiger partial charge in [-0.05, 0) is 47.9 Å². The van der Waals surface area contributed by atoms with Gasteiger partial charge in [-0.15, -0.1) is 0 Å². The fourth-order valence-corrected chi connectivity index (χ4v) is 6.86. The fraction of sp³-hybridized carbons (Fsp3) is 0.538. The number of likely N-dealkylation sites (N-methyl/N-ethyl adjacent to an activating group) is 1. The SMILES string of the molecule is CN1CCN2c3c(cccc31)[C@@H]1CN(C3CC3Cc3cccc4c3OCC4)CC[C@@H]12. The molecule has 4 heterocycles. The van der Waals surface area contributed by atoms with Crippen LogP contribution in [0, 0.1) is 5.92 Å². The van der Waals surface area contributed by atoms with Crippen molar-refractivity contribution in [2.75, 3.05) is 49.6 Å². The van der Waals surface area contributed by atoms with Gasteiger partial charge in [0, 0.05) is 57.6 Å². The van der Waals surface area contributed by atoms with Crippen LogP contribution in [0.4, 0.5) is 11.4 Å². The van der Waals surface area contributed by atoms with E-state index in [0.29, 0.717) is 12.0 Å². The van der Waals surface area contributed by atoms with Crippen molar-refractivity contribution in [2.45, 2.75) is 43.7 Å². The van der Waals surface area contributed by atoms with Gasteiger partial charge in [0.1, 0.15) is 5.75 Å². The number of benzene rings is 2. The predicted octanol–water partition coefficient (Wildman–Crippen LogP) is 3.68. The molecule has 0 radical (unpaired) electrons. The van der Waals surface area contributed by atoms with Gasteiger partial charge in [-0.25, -0.2) is 0 Å². The number of nitrogens with zero attached hydrogens (tertiary/aromatic N) is 3. The van der Waals surface area contributed by atoms with Crippen LogP contribution >= 0.6 is 0 Å². The molecule has 4 nitrogen and oxygen atoms in total. The Bertz CT molecular complexity index is 1000. The number of likely N-dealkylation sites (tertiary alicyclic amines) is 1. The smallest absolute Gasteiger partial charge is 0.125 e. The minimum Gasteiger partial charge on any atom is -0.493 e. The van der Waals surface area contributed by atoms with Crippen LogP contribution in [0.15, 0.2) is 36.4 Å². The van der Waals surface area contributed by atoms with E-state index in [-0.39, 0.29) is 0 Å². The Hall–Kier alpha value is -2.20. The molecule has 5 aliphatic rings. The van der Waals surface area contributed by atoms with Gasteiger partial charge < -0.3 is 14.5 Å². The van der Waals surface area contributed by atoms with E-state index in [1.165, 1.54) is 61.5 Å². The van der Waals surface area contributed by atoms with Crippen LogP contribution in [-0.4, -0.2) is 56.8 Å². The van der Waals surface area contributed by atoms with E-state index in [9.17, 15) is 0 Å². The van der Waals surface area contributed by atoms with Gasteiger partial charge in [-0.1, -0.05) is 30.3 Å². The van der Waals surface area contributed by atoms with E-state index in [1.54, 1.807) is 11.3 Å². The third kappa shape index (κ3) is 2.49. The highest BCUT2D eigenvalue weighted by atomic mass is 16.5. The first-order valence-electron chi connectivity index (χ1n) is 11.9. The molecule has 4 heteroatoms. The summed E-state index contributed by atoms with van der Waals surface area (Å²) in [7, 11) is 2.25. The molecular weight excluding hydrogens is 370 g/mol. The molecule has 0 bridgehead atoms. The van der Waals surface area contributed by atoms with Gasteiger partial charge in [0.15, 0.2) is 0 Å². The van der Waals surface area contributed by atoms with E-state index in [0.717, 1.165) is 31.5 Å². The number of ether oxygens (including phenoxy) is 1. The molecule has 0 N–H and O–H groups in total. The lowest BCUT2D eigenvalue weighted by atomic mass is 9.88. The maximum atomic E-state index is 5.96. The van der Waals surface area contributed by atoms with Crippen LogP contribution in [0.3, 0.4) is 0 Å². The molecular formula is C26H31N3O. The number of rotatable bonds is 3. The second-order valence-corrected chi connectivity index (χ2v) is 10.1. The van der Waals surface area contributed by atoms with Gasteiger partial charge >= 0.3 is 0 Å². The van der Waals surface area contributed by atoms with Crippen molar-refractivity contribution in [3.05, 3.63) is 53.1 Å². The molecule has 0 spiro atoms. The number of fused-ring (bicyclic) bond motifs is 4. The summed E-state index contributed by atoms with van der Waals surface area (Å²) in [6.07, 6.45) is 4.95. The molecule has 1 saturated heterocycles. The summed E-state index contributed by atoms with van der Waals surface area (Å²) in [4.78, 5) is 8.03. The Morgan fingerprint density at radius 1 is 1.03 bits per heavy atom. The average Bonchev–Trinajstić information content (AvgIpc) is 3.23. The predicted molar refractivity (Wildman–Crippen MR) is 121 cm³/mol. The first kappa shape index (κ1) is 17.5. The van der Waals surface area contributed by atoms with Gasteiger partial charge in [0.05, 0.1) is 18.0 Å². The number of hydrogen-bond acceptors (Lipinski definition) is 4. The van der Waals surface area contributed by atoms with Gasteiger partial charge in [-0.3, -0.25) is 4.90 Å². The molecule has 0 aromatic heterocycles. The first-order chi connectivity index (χ1) is 14.8. The highest BCUT2D eigenvalue weighted by molar-refractivity contribution is 5.80. The lowest BCUT2D eigenvalue weighted by Crippen LogP contribution is -2.49. The molecule has 4 atom stereocenters. The molecule has 2 aromatic carbocycles. The van der Waals surface area contributed by atoms with E-state index in [4.69, 9.17) is 4.74 Å². The van der Waals surface area contributed by atoms with E-state index in [2.05, 4.69) is 58.1 Å². The van der Waals surface area contributed by atoms with E-state index in [1.807, 2.05) is 0 Å². The molecule has 156 valence electrons. The van der Waals surface area contributed by atoms with Crippen molar-refractivity contribution < 1.29 is 4.74 Å². The normalized spacial score (nSPS) is 31.2. The summed E-state index contributed by atoms with van der Waals surface area (Å²) in [5, 5.41) is 0. The lowest BCUT2D eigenvalue weighted by Gasteiger charge is -2.42. The summed E-state index contributed by atoms with van der Waals surface area (Å²) in [6, 6.07) is 15.3. The van der Waals surface area contributed by atoms with Crippen molar-refractivity contribution in [2.24, 2.45) is 5.92 Å². The maximum Gasteiger partial charge on any atom is 0.125 e. The monoisotopic (exact) mass is 401 g/mol. The second kappa shape index (κ2) is 6.40. The number of para-hydroxylation sites is 2. The molecule has 1 aliphatic carbocycles. The zero-order valence-corrected chi connectivity index (χ0v) is 17.9. The molecule has 30 heavy (non-hydrogen) atoms. The Morgan fingerprint density at radius 2 is 1.97 bits per heavy atom. The largest absolute Gasteiger partial charge is 0.493 e. The number of piperidine rings is 1. The Balaban J connectivity index is 1.09. The Labute approximate surface area is 179 Å². The summed E-state index contributed by atoms with van der Waals surface area (Å²) in [6.45, 7) is 5.71.